The van der Waals surface area contributed by atoms with Crippen molar-refractivity contribution in [3.63, 3.8) is 0 Å². The lowest BCUT2D eigenvalue weighted by molar-refractivity contribution is 0.0647. The summed E-state index contributed by atoms with van der Waals surface area (Å²) >= 11 is 0. The standard InChI is InChI=1S/C17H18N2O3/c1-18(12-13-6-4-11-22-13)9-5-10-19-16(20)14-7-2-3-8-15(14)17(19)21/h2-4,6-8,11H,5,9-10,12H2,1H3. The van der Waals surface area contributed by atoms with Crippen LogP contribution in [-0.4, -0.2) is 41.8 Å². The zero-order chi connectivity index (χ0) is 15.5. The molecule has 1 aliphatic rings. The molecule has 5 heteroatoms. The van der Waals surface area contributed by atoms with Crippen LogP contribution in [0.4, 0.5) is 0 Å². The van der Waals surface area contributed by atoms with E-state index in [9.17, 15) is 9.59 Å². The quantitative estimate of drug-likeness (QED) is 0.768. The van der Waals surface area contributed by atoms with E-state index in [2.05, 4.69) is 4.90 Å². The topological polar surface area (TPSA) is 53.8 Å². The molecule has 0 saturated carbocycles. The Hall–Kier alpha value is -2.40. The van der Waals surface area contributed by atoms with Crippen molar-refractivity contribution in [1.29, 1.82) is 0 Å². The minimum atomic E-state index is -0.186. The molecule has 0 bridgehead atoms. The van der Waals surface area contributed by atoms with Gasteiger partial charge in [-0.1, -0.05) is 12.1 Å². The summed E-state index contributed by atoms with van der Waals surface area (Å²) in [5.74, 6) is 0.534. The SMILES string of the molecule is CN(CCCN1C(=O)c2ccccc2C1=O)Cc1ccco1. The summed E-state index contributed by atoms with van der Waals surface area (Å²) in [4.78, 5) is 27.9. The van der Waals surface area contributed by atoms with E-state index in [-0.39, 0.29) is 11.8 Å². The van der Waals surface area contributed by atoms with Gasteiger partial charge in [0.05, 0.1) is 23.9 Å². The van der Waals surface area contributed by atoms with Gasteiger partial charge in [-0.3, -0.25) is 19.4 Å². The summed E-state index contributed by atoms with van der Waals surface area (Å²) in [6.45, 7) is 1.94. The molecule has 22 heavy (non-hydrogen) atoms. The van der Waals surface area contributed by atoms with Gasteiger partial charge in [0.1, 0.15) is 5.76 Å². The molecule has 0 N–H and O–H groups in total. The fourth-order valence-corrected chi connectivity index (χ4v) is 2.69. The third-order valence-corrected chi connectivity index (χ3v) is 3.81. The molecule has 2 aromatic rings. The van der Waals surface area contributed by atoms with Gasteiger partial charge in [-0.25, -0.2) is 0 Å². The van der Waals surface area contributed by atoms with Gasteiger partial charge in [0.2, 0.25) is 0 Å². The second-order valence-electron chi connectivity index (χ2n) is 5.48. The van der Waals surface area contributed by atoms with Gasteiger partial charge in [0.25, 0.3) is 11.8 Å². The maximum atomic E-state index is 12.2. The number of rotatable bonds is 6. The highest BCUT2D eigenvalue weighted by Crippen LogP contribution is 2.22. The predicted molar refractivity (Wildman–Crippen MR) is 81.5 cm³/mol. The molecule has 1 aromatic carbocycles. The molecule has 0 saturated heterocycles. The lowest BCUT2D eigenvalue weighted by atomic mass is 10.1. The van der Waals surface area contributed by atoms with Crippen LogP contribution in [0.25, 0.3) is 0 Å². The number of hydrogen-bond acceptors (Lipinski definition) is 4. The Labute approximate surface area is 129 Å². The first-order valence-electron chi connectivity index (χ1n) is 7.33. The van der Waals surface area contributed by atoms with Crippen molar-refractivity contribution < 1.29 is 14.0 Å². The smallest absolute Gasteiger partial charge is 0.261 e. The number of furan rings is 1. The van der Waals surface area contributed by atoms with Crippen molar-refractivity contribution in [3.05, 3.63) is 59.5 Å². The lowest BCUT2D eigenvalue weighted by Crippen LogP contribution is -2.32. The molecule has 0 spiro atoms. The molecule has 1 aromatic heterocycles. The highest BCUT2D eigenvalue weighted by molar-refractivity contribution is 6.21. The number of carbonyl (C=O) groups excluding carboxylic acids is 2. The van der Waals surface area contributed by atoms with Gasteiger partial charge in [-0.2, -0.15) is 0 Å². The van der Waals surface area contributed by atoms with Crippen LogP contribution in [0.2, 0.25) is 0 Å². The van der Waals surface area contributed by atoms with E-state index in [0.717, 1.165) is 25.3 Å². The fraction of sp³-hybridized carbons (Fsp3) is 0.294. The summed E-state index contributed by atoms with van der Waals surface area (Å²) < 4.78 is 5.30. The molecule has 2 amide bonds. The highest BCUT2D eigenvalue weighted by atomic mass is 16.3. The number of fused-ring (bicyclic) bond motifs is 1. The number of benzene rings is 1. The largest absolute Gasteiger partial charge is 0.468 e. The van der Waals surface area contributed by atoms with Gasteiger partial charge >= 0.3 is 0 Å². The molecule has 0 aliphatic carbocycles. The summed E-state index contributed by atoms with van der Waals surface area (Å²) in [5, 5.41) is 0. The Balaban J connectivity index is 1.52. The van der Waals surface area contributed by atoms with Crippen LogP contribution in [-0.2, 0) is 6.54 Å². The van der Waals surface area contributed by atoms with Crippen LogP contribution in [0.3, 0.4) is 0 Å². The Morgan fingerprint density at radius 3 is 2.32 bits per heavy atom. The summed E-state index contributed by atoms with van der Waals surface area (Å²) in [5.41, 5.74) is 1.02. The van der Waals surface area contributed by atoms with Gasteiger partial charge in [-0.05, 0) is 37.7 Å². The second-order valence-corrected chi connectivity index (χ2v) is 5.48. The number of nitrogens with zero attached hydrogens (tertiary/aromatic N) is 2. The molecular formula is C17H18N2O3. The van der Waals surface area contributed by atoms with Crippen LogP contribution in [0, 0.1) is 0 Å². The first kappa shape index (κ1) is 14.5. The Morgan fingerprint density at radius 1 is 1.05 bits per heavy atom. The normalized spacial score (nSPS) is 14.0. The van der Waals surface area contributed by atoms with Crippen molar-refractivity contribution in [2.45, 2.75) is 13.0 Å². The minimum Gasteiger partial charge on any atom is -0.468 e. The first-order valence-corrected chi connectivity index (χ1v) is 7.33. The van der Waals surface area contributed by atoms with Crippen LogP contribution < -0.4 is 0 Å². The van der Waals surface area contributed by atoms with Crippen LogP contribution in [0.1, 0.15) is 32.9 Å². The van der Waals surface area contributed by atoms with Crippen LogP contribution >= 0.6 is 0 Å². The Bertz CT molecular complexity index is 644. The van der Waals surface area contributed by atoms with E-state index in [1.54, 1.807) is 30.5 Å². The summed E-state index contributed by atoms with van der Waals surface area (Å²) in [6, 6.07) is 10.8. The maximum Gasteiger partial charge on any atom is 0.261 e. The van der Waals surface area contributed by atoms with Gasteiger partial charge < -0.3 is 4.42 Å². The van der Waals surface area contributed by atoms with Gasteiger partial charge in [0, 0.05) is 13.1 Å². The molecule has 1 aliphatic heterocycles. The van der Waals surface area contributed by atoms with Crippen molar-refractivity contribution in [2.24, 2.45) is 0 Å². The minimum absolute atomic E-state index is 0.186. The zero-order valence-corrected chi connectivity index (χ0v) is 12.5. The Morgan fingerprint density at radius 2 is 1.73 bits per heavy atom. The summed E-state index contributed by atoms with van der Waals surface area (Å²) in [7, 11) is 1.99. The van der Waals surface area contributed by atoms with Gasteiger partial charge in [-0.15, -0.1) is 0 Å². The van der Waals surface area contributed by atoms with E-state index >= 15 is 0 Å². The number of amides is 2. The molecular weight excluding hydrogens is 280 g/mol. The molecule has 2 heterocycles. The molecule has 0 fully saturated rings. The van der Waals surface area contributed by atoms with E-state index in [1.807, 2.05) is 19.2 Å². The third-order valence-electron chi connectivity index (χ3n) is 3.81. The van der Waals surface area contributed by atoms with E-state index < -0.39 is 0 Å². The van der Waals surface area contributed by atoms with Gasteiger partial charge in [0.15, 0.2) is 0 Å². The first-order chi connectivity index (χ1) is 10.7. The fourth-order valence-electron chi connectivity index (χ4n) is 2.69. The lowest BCUT2D eigenvalue weighted by Gasteiger charge is -2.18. The molecule has 114 valence electrons. The van der Waals surface area contributed by atoms with E-state index in [0.29, 0.717) is 17.7 Å². The highest BCUT2D eigenvalue weighted by Gasteiger charge is 2.34. The van der Waals surface area contributed by atoms with E-state index in [4.69, 9.17) is 4.42 Å². The third kappa shape index (κ3) is 2.80. The molecule has 0 radical (unpaired) electrons. The van der Waals surface area contributed by atoms with Crippen LogP contribution in [0.15, 0.2) is 47.1 Å². The predicted octanol–water partition coefficient (Wildman–Crippen LogP) is 2.40. The number of imide groups is 1. The monoisotopic (exact) mass is 298 g/mol. The second kappa shape index (κ2) is 6.15. The maximum absolute atomic E-state index is 12.2. The van der Waals surface area contributed by atoms with Crippen molar-refractivity contribution >= 4 is 11.8 Å². The zero-order valence-electron chi connectivity index (χ0n) is 12.5. The van der Waals surface area contributed by atoms with E-state index in [1.165, 1.54) is 4.90 Å². The molecule has 5 nitrogen and oxygen atoms in total. The Kier molecular flexibility index (Phi) is 4.06. The molecule has 0 unspecified atom stereocenters. The number of hydrogen-bond donors (Lipinski definition) is 0. The number of carbonyl (C=O) groups is 2. The van der Waals surface area contributed by atoms with Crippen molar-refractivity contribution in [1.82, 2.24) is 9.80 Å². The molecule has 0 atom stereocenters. The van der Waals surface area contributed by atoms with Crippen LogP contribution in [0.5, 0.6) is 0 Å². The molecule has 3 rings (SSSR count). The summed E-state index contributed by atoms with van der Waals surface area (Å²) in [6.07, 6.45) is 2.39. The average Bonchev–Trinajstić information content (AvgIpc) is 3.10. The van der Waals surface area contributed by atoms with Crippen molar-refractivity contribution in [2.75, 3.05) is 20.1 Å². The van der Waals surface area contributed by atoms with Crippen molar-refractivity contribution in [3.8, 4) is 0 Å². The average molecular weight is 298 g/mol.